The number of hydrogen-bond acceptors (Lipinski definition) is 9. The first-order valence-corrected chi connectivity index (χ1v) is 17.9. The van der Waals surface area contributed by atoms with Crippen LogP contribution in [0.4, 0.5) is 0 Å². The van der Waals surface area contributed by atoms with Crippen molar-refractivity contribution >= 4 is 11.9 Å². The lowest BCUT2D eigenvalue weighted by Gasteiger charge is -2.34. The minimum Gasteiger partial charge on any atom is -0.497 e. The van der Waals surface area contributed by atoms with Crippen molar-refractivity contribution in [2.75, 3.05) is 14.2 Å². The average molecular weight is 705 g/mol. The third-order valence-corrected chi connectivity index (χ3v) is 9.17. The van der Waals surface area contributed by atoms with Gasteiger partial charge in [0.25, 0.3) is 0 Å². The Morgan fingerprint density at radius 3 is 2.22 bits per heavy atom. The normalized spacial score (nSPS) is 22.4. The van der Waals surface area contributed by atoms with Gasteiger partial charge in [-0.05, 0) is 89.5 Å². The van der Waals surface area contributed by atoms with E-state index in [2.05, 4.69) is 26.8 Å². The number of carbonyl (C=O) groups is 2. The monoisotopic (exact) mass is 704 g/mol. The summed E-state index contributed by atoms with van der Waals surface area (Å²) in [7, 11) is 3.23. The molecule has 1 aliphatic rings. The summed E-state index contributed by atoms with van der Waals surface area (Å²) in [5.41, 5.74) is 1.26. The molecule has 0 amide bonds. The predicted octanol–water partition coefficient (Wildman–Crippen LogP) is 7.51. The smallest absolute Gasteiger partial charge is 0.336 e. The number of allylic oxidation sites excluding steroid dienone is 1. The molecular weight excluding hydrogens is 640 g/mol. The Kier molecular flexibility index (Phi) is 17.1. The number of benzene rings is 1. The lowest BCUT2D eigenvalue weighted by Crippen LogP contribution is -2.39. The van der Waals surface area contributed by atoms with Crippen LogP contribution in [0.3, 0.4) is 0 Å². The summed E-state index contributed by atoms with van der Waals surface area (Å²) in [6, 6.07) is 7.73. The van der Waals surface area contributed by atoms with E-state index in [1.165, 1.54) is 0 Å². The van der Waals surface area contributed by atoms with Crippen LogP contribution in [0.15, 0.2) is 48.1 Å². The number of aliphatic carboxylic acids is 1. The van der Waals surface area contributed by atoms with Crippen molar-refractivity contribution in [1.29, 1.82) is 0 Å². The number of aliphatic hydroxyl groups is 1. The van der Waals surface area contributed by atoms with E-state index in [1.54, 1.807) is 34.1 Å². The zero-order valence-electron chi connectivity index (χ0n) is 32.4. The summed E-state index contributed by atoms with van der Waals surface area (Å²) < 4.78 is 34.5. The molecule has 284 valence electrons. The molecule has 0 saturated carbocycles. The minimum absolute atomic E-state index is 0.0216. The maximum Gasteiger partial charge on any atom is 0.336 e. The molecule has 0 unspecified atom stereocenters. The highest BCUT2D eigenvalue weighted by molar-refractivity contribution is 5.74. The summed E-state index contributed by atoms with van der Waals surface area (Å²) in [6.07, 6.45) is 5.50. The number of hydrogen-bond donors (Lipinski definition) is 2. The van der Waals surface area contributed by atoms with E-state index in [0.29, 0.717) is 6.61 Å². The van der Waals surface area contributed by atoms with E-state index >= 15 is 0 Å². The summed E-state index contributed by atoms with van der Waals surface area (Å²) in [4.78, 5) is 24.3. The number of carboxylic acid groups (broad SMARTS) is 1. The summed E-state index contributed by atoms with van der Waals surface area (Å²) in [5.74, 6) is -1.59. The number of carboxylic acids is 1. The quantitative estimate of drug-likeness (QED) is 0.104. The van der Waals surface area contributed by atoms with Crippen LogP contribution >= 0.6 is 0 Å². The van der Waals surface area contributed by atoms with Gasteiger partial charge in [0.05, 0.1) is 38.4 Å². The molecule has 0 spiro atoms. The molecule has 9 atom stereocenters. The van der Waals surface area contributed by atoms with Crippen LogP contribution in [0.25, 0.3) is 0 Å². The van der Waals surface area contributed by atoms with Gasteiger partial charge in [0.2, 0.25) is 0 Å². The van der Waals surface area contributed by atoms with Gasteiger partial charge in [-0.1, -0.05) is 64.5 Å². The van der Waals surface area contributed by atoms with E-state index in [1.807, 2.05) is 65.0 Å². The molecule has 0 aromatic heterocycles. The molecule has 0 radical (unpaired) electrons. The molecule has 10 heteroatoms. The van der Waals surface area contributed by atoms with Crippen LogP contribution in [-0.4, -0.2) is 78.3 Å². The molecule has 0 aliphatic carbocycles. The van der Waals surface area contributed by atoms with Crippen LogP contribution in [0.2, 0.25) is 0 Å². The van der Waals surface area contributed by atoms with Gasteiger partial charge in [-0.2, -0.15) is 0 Å². The molecular formula is C40H64O10. The molecule has 2 rings (SSSR count). The van der Waals surface area contributed by atoms with Crippen LogP contribution in [-0.2, 0) is 39.9 Å². The maximum atomic E-state index is 12.8. The van der Waals surface area contributed by atoms with Crippen LogP contribution in [0.5, 0.6) is 5.75 Å². The molecule has 0 bridgehead atoms. The van der Waals surface area contributed by atoms with Crippen LogP contribution in [0, 0.1) is 23.7 Å². The Hall–Kier alpha value is -2.76. The van der Waals surface area contributed by atoms with Gasteiger partial charge in [0.15, 0.2) is 11.9 Å². The largest absolute Gasteiger partial charge is 0.497 e. The fourth-order valence-corrected chi connectivity index (χ4v) is 6.43. The Labute approximate surface area is 300 Å². The molecule has 1 saturated heterocycles. The Balaban J connectivity index is 2.08. The van der Waals surface area contributed by atoms with Crippen LogP contribution < -0.4 is 4.74 Å². The second-order valence-corrected chi connectivity index (χ2v) is 15.4. The first-order valence-electron chi connectivity index (χ1n) is 17.9. The Morgan fingerprint density at radius 2 is 1.66 bits per heavy atom. The molecule has 1 aliphatic heterocycles. The van der Waals surface area contributed by atoms with Crippen molar-refractivity contribution in [1.82, 2.24) is 0 Å². The molecule has 1 aromatic carbocycles. The van der Waals surface area contributed by atoms with Gasteiger partial charge in [0.1, 0.15) is 17.5 Å². The van der Waals surface area contributed by atoms with E-state index in [9.17, 15) is 19.8 Å². The number of rotatable bonds is 20. The van der Waals surface area contributed by atoms with Gasteiger partial charge in [-0.25, -0.2) is 4.79 Å². The zero-order valence-corrected chi connectivity index (χ0v) is 32.4. The molecule has 50 heavy (non-hydrogen) atoms. The first-order chi connectivity index (χ1) is 23.3. The highest BCUT2D eigenvalue weighted by Gasteiger charge is 2.44. The van der Waals surface area contributed by atoms with Crippen molar-refractivity contribution in [3.63, 3.8) is 0 Å². The Morgan fingerprint density at radius 1 is 1.02 bits per heavy atom. The van der Waals surface area contributed by atoms with Gasteiger partial charge in [-0.15, -0.1) is 0 Å². The predicted molar refractivity (Wildman–Crippen MR) is 194 cm³/mol. The van der Waals surface area contributed by atoms with Crippen molar-refractivity contribution in [3.05, 3.63) is 53.6 Å². The third kappa shape index (κ3) is 14.5. The van der Waals surface area contributed by atoms with Gasteiger partial charge in [-0.3, -0.25) is 4.79 Å². The highest BCUT2D eigenvalue weighted by Crippen LogP contribution is 2.31. The molecule has 2 N–H and O–H groups in total. The Bertz CT molecular complexity index is 1250. The lowest BCUT2D eigenvalue weighted by atomic mass is 9.84. The van der Waals surface area contributed by atoms with E-state index in [4.69, 9.17) is 28.4 Å². The second kappa shape index (κ2) is 19.7. The summed E-state index contributed by atoms with van der Waals surface area (Å²) in [6.45, 7) is 19.5. The summed E-state index contributed by atoms with van der Waals surface area (Å²) >= 11 is 0. The first kappa shape index (κ1) is 43.4. The molecule has 1 heterocycles. The van der Waals surface area contributed by atoms with Gasteiger partial charge >= 0.3 is 11.9 Å². The van der Waals surface area contributed by atoms with Crippen molar-refractivity contribution in [2.45, 2.75) is 143 Å². The maximum absolute atomic E-state index is 12.8. The fourth-order valence-electron chi connectivity index (χ4n) is 6.43. The van der Waals surface area contributed by atoms with Crippen LogP contribution in [0.1, 0.15) is 100 Å². The number of ether oxygens (including phenoxy) is 6. The topological polar surface area (TPSA) is 130 Å². The number of methoxy groups -OCH3 is 2. The highest BCUT2D eigenvalue weighted by atomic mass is 16.8. The zero-order chi connectivity index (χ0) is 37.8. The molecule has 10 nitrogen and oxygen atoms in total. The van der Waals surface area contributed by atoms with Crippen molar-refractivity contribution in [2.24, 2.45) is 23.7 Å². The SMILES string of the molecule is COc1ccc(CO[C@@H]([C@H](C)[C@@H](CC(=O)OC(C)(C)C)OC)[C@H](C)/C=C(\C)[C@@H](O)[C@@H](C)CCC[C@@H](C)/C=C/[C@H]2OC(C)(C)O[C@H]2C(=O)O)cc1. The average Bonchev–Trinajstić information content (AvgIpc) is 3.35. The van der Waals surface area contributed by atoms with E-state index < -0.39 is 41.8 Å². The van der Waals surface area contributed by atoms with Gasteiger partial charge < -0.3 is 38.6 Å². The lowest BCUT2D eigenvalue weighted by molar-refractivity contribution is -0.165. The number of aliphatic hydroxyl groups excluding tert-OH is 1. The standard InChI is InChI=1S/C40H64O10/c1-25(16-21-32-37(38(43)44)50-40(9,10)48-32)14-13-15-26(2)35(42)27(3)22-28(4)36(47-24-30-17-19-31(45-11)20-18-30)29(5)33(46-12)23-34(41)49-39(6,7)8/h16-22,25-26,28-29,32-33,35-37,42H,13-15,23-24H2,1-12H3,(H,43,44)/b21-16+,27-22+/t25-,26+,28-,29-,32-,33-,35+,36-,37-/m1/s1. The van der Waals surface area contributed by atoms with Crippen molar-refractivity contribution in [3.8, 4) is 5.75 Å². The molecule has 1 aromatic rings. The summed E-state index contributed by atoms with van der Waals surface area (Å²) in [5, 5.41) is 20.8. The second-order valence-electron chi connectivity index (χ2n) is 15.4. The molecule has 1 fully saturated rings. The fraction of sp³-hybridized carbons (Fsp3) is 0.700. The minimum atomic E-state index is -1.04. The van der Waals surface area contributed by atoms with E-state index in [-0.39, 0.29) is 42.2 Å². The third-order valence-electron chi connectivity index (χ3n) is 9.17. The van der Waals surface area contributed by atoms with Gasteiger partial charge in [0, 0.05) is 18.9 Å². The van der Waals surface area contributed by atoms with E-state index in [0.717, 1.165) is 36.1 Å². The number of esters is 1. The van der Waals surface area contributed by atoms with Crippen molar-refractivity contribution < 1.29 is 48.2 Å². The number of carbonyl (C=O) groups excluding carboxylic acids is 1.